The standard InChI is InChI=1S/C27H31N3O6/c31-24(16-4-8-18(9-5-16)26(33)34)29-20-12-13-23(21(15-20)22-3-1-2-14-28-22)30-25(32)17-6-10-19(11-7-17)27(35)36/h1-3,12-19H,4-11H2,(H,29,31)(H,30,32)(H,33,34)(H,35,36). The fourth-order valence-electron chi connectivity index (χ4n) is 5.15. The molecular formula is C27H31N3O6. The van der Waals surface area contributed by atoms with Gasteiger partial charge in [-0.15, -0.1) is 0 Å². The Morgan fingerprint density at radius 1 is 0.694 bits per heavy atom. The van der Waals surface area contributed by atoms with Gasteiger partial charge in [0.15, 0.2) is 0 Å². The van der Waals surface area contributed by atoms with E-state index in [1.54, 1.807) is 30.5 Å². The third kappa shape index (κ3) is 6.08. The molecule has 2 aliphatic carbocycles. The number of hydrogen-bond donors (Lipinski definition) is 4. The molecule has 190 valence electrons. The number of pyridine rings is 1. The SMILES string of the molecule is O=C(O)C1CCC(C(=O)Nc2ccc(NC(=O)C3CCC(C(=O)O)CC3)c(-c3ccccn3)c2)CC1. The summed E-state index contributed by atoms with van der Waals surface area (Å²) < 4.78 is 0. The number of aromatic nitrogens is 1. The molecular weight excluding hydrogens is 462 g/mol. The van der Waals surface area contributed by atoms with Crippen molar-refractivity contribution in [1.82, 2.24) is 4.98 Å². The van der Waals surface area contributed by atoms with E-state index >= 15 is 0 Å². The number of nitrogens with one attached hydrogen (secondary N) is 2. The summed E-state index contributed by atoms with van der Waals surface area (Å²) in [6, 6.07) is 10.7. The Balaban J connectivity index is 1.47. The van der Waals surface area contributed by atoms with Crippen molar-refractivity contribution >= 4 is 35.1 Å². The summed E-state index contributed by atoms with van der Waals surface area (Å²) in [5.74, 6) is -3.16. The summed E-state index contributed by atoms with van der Waals surface area (Å²) in [7, 11) is 0. The van der Waals surface area contributed by atoms with Gasteiger partial charge < -0.3 is 20.8 Å². The van der Waals surface area contributed by atoms with Gasteiger partial charge in [0, 0.05) is 29.3 Å². The maximum atomic E-state index is 13.0. The molecule has 1 aromatic carbocycles. The van der Waals surface area contributed by atoms with E-state index in [0.717, 1.165) is 0 Å². The lowest BCUT2D eigenvalue weighted by Gasteiger charge is -2.26. The van der Waals surface area contributed by atoms with Crippen molar-refractivity contribution in [2.75, 3.05) is 10.6 Å². The van der Waals surface area contributed by atoms with E-state index in [0.29, 0.717) is 74.0 Å². The molecule has 9 heteroatoms. The van der Waals surface area contributed by atoms with Gasteiger partial charge in [-0.05, 0) is 81.7 Å². The molecule has 4 N–H and O–H groups in total. The number of carbonyl (C=O) groups is 4. The van der Waals surface area contributed by atoms with Crippen molar-refractivity contribution in [2.24, 2.45) is 23.7 Å². The zero-order chi connectivity index (χ0) is 25.7. The van der Waals surface area contributed by atoms with Gasteiger partial charge >= 0.3 is 11.9 Å². The van der Waals surface area contributed by atoms with Crippen molar-refractivity contribution in [3.8, 4) is 11.3 Å². The molecule has 2 saturated carbocycles. The number of anilines is 2. The average Bonchev–Trinajstić information content (AvgIpc) is 2.90. The number of aliphatic carboxylic acids is 2. The van der Waals surface area contributed by atoms with Gasteiger partial charge in [0.25, 0.3) is 0 Å². The molecule has 36 heavy (non-hydrogen) atoms. The molecule has 9 nitrogen and oxygen atoms in total. The van der Waals surface area contributed by atoms with Crippen LogP contribution in [0.4, 0.5) is 11.4 Å². The highest BCUT2D eigenvalue weighted by molar-refractivity contribution is 5.99. The Morgan fingerprint density at radius 3 is 1.72 bits per heavy atom. The molecule has 0 spiro atoms. The van der Waals surface area contributed by atoms with Crippen LogP contribution < -0.4 is 10.6 Å². The maximum Gasteiger partial charge on any atom is 0.306 e. The van der Waals surface area contributed by atoms with Crippen LogP contribution >= 0.6 is 0 Å². The molecule has 2 fully saturated rings. The summed E-state index contributed by atoms with van der Waals surface area (Å²) >= 11 is 0. The molecule has 2 aromatic rings. The first-order valence-electron chi connectivity index (χ1n) is 12.4. The van der Waals surface area contributed by atoms with Gasteiger partial charge in [-0.2, -0.15) is 0 Å². The highest BCUT2D eigenvalue weighted by atomic mass is 16.4. The zero-order valence-electron chi connectivity index (χ0n) is 20.0. The van der Waals surface area contributed by atoms with Crippen LogP contribution in [0.25, 0.3) is 11.3 Å². The van der Waals surface area contributed by atoms with Crippen LogP contribution in [0.1, 0.15) is 51.4 Å². The van der Waals surface area contributed by atoms with E-state index in [9.17, 15) is 29.4 Å². The predicted molar refractivity (Wildman–Crippen MR) is 133 cm³/mol. The van der Waals surface area contributed by atoms with Gasteiger partial charge in [-0.25, -0.2) is 0 Å². The lowest BCUT2D eigenvalue weighted by Crippen LogP contribution is -2.30. The molecule has 0 saturated heterocycles. The second-order valence-corrected chi connectivity index (χ2v) is 9.73. The molecule has 0 bridgehead atoms. The maximum absolute atomic E-state index is 13.0. The number of nitrogens with zero attached hydrogens (tertiary/aromatic N) is 1. The van der Waals surface area contributed by atoms with Gasteiger partial charge in [-0.1, -0.05) is 6.07 Å². The van der Waals surface area contributed by atoms with Crippen LogP contribution in [0.15, 0.2) is 42.6 Å². The Morgan fingerprint density at radius 2 is 1.22 bits per heavy atom. The van der Waals surface area contributed by atoms with Crippen molar-refractivity contribution in [1.29, 1.82) is 0 Å². The van der Waals surface area contributed by atoms with Crippen LogP contribution in [0.5, 0.6) is 0 Å². The van der Waals surface area contributed by atoms with E-state index in [-0.39, 0.29) is 35.5 Å². The molecule has 0 aliphatic heterocycles. The number of carbonyl (C=O) groups excluding carboxylic acids is 2. The van der Waals surface area contributed by atoms with Gasteiger partial charge in [0.2, 0.25) is 11.8 Å². The lowest BCUT2D eigenvalue weighted by atomic mass is 9.81. The quantitative estimate of drug-likeness (QED) is 0.447. The van der Waals surface area contributed by atoms with Crippen LogP contribution in [-0.4, -0.2) is 39.0 Å². The van der Waals surface area contributed by atoms with E-state index in [2.05, 4.69) is 15.6 Å². The molecule has 1 aromatic heterocycles. The summed E-state index contributed by atoms with van der Waals surface area (Å²) in [6.07, 6.45) is 5.74. The van der Waals surface area contributed by atoms with Crippen molar-refractivity contribution in [3.63, 3.8) is 0 Å². The molecule has 4 rings (SSSR count). The highest BCUT2D eigenvalue weighted by Gasteiger charge is 2.31. The first-order valence-corrected chi connectivity index (χ1v) is 12.4. The van der Waals surface area contributed by atoms with Crippen molar-refractivity contribution in [3.05, 3.63) is 42.6 Å². The Labute approximate surface area is 209 Å². The minimum Gasteiger partial charge on any atom is -0.481 e. The molecule has 2 aliphatic rings. The third-order valence-corrected chi connectivity index (χ3v) is 7.38. The summed E-state index contributed by atoms with van der Waals surface area (Å²) in [4.78, 5) is 52.6. The number of amides is 2. The lowest BCUT2D eigenvalue weighted by molar-refractivity contribution is -0.144. The topological polar surface area (TPSA) is 146 Å². The van der Waals surface area contributed by atoms with Gasteiger partial charge in [0.1, 0.15) is 0 Å². The van der Waals surface area contributed by atoms with E-state index in [1.165, 1.54) is 0 Å². The second kappa shape index (κ2) is 11.3. The highest BCUT2D eigenvalue weighted by Crippen LogP contribution is 2.34. The zero-order valence-corrected chi connectivity index (χ0v) is 20.0. The van der Waals surface area contributed by atoms with Crippen LogP contribution in [-0.2, 0) is 19.2 Å². The largest absolute Gasteiger partial charge is 0.481 e. The summed E-state index contributed by atoms with van der Waals surface area (Å²) in [5.41, 5.74) is 2.44. The fraction of sp³-hybridized carbons (Fsp3) is 0.444. The first kappa shape index (κ1) is 25.3. The minimum absolute atomic E-state index is 0.141. The van der Waals surface area contributed by atoms with Crippen LogP contribution in [0.2, 0.25) is 0 Å². The second-order valence-electron chi connectivity index (χ2n) is 9.73. The monoisotopic (exact) mass is 493 g/mol. The molecule has 2 amide bonds. The van der Waals surface area contributed by atoms with Crippen molar-refractivity contribution in [2.45, 2.75) is 51.4 Å². The number of hydrogen-bond acceptors (Lipinski definition) is 5. The summed E-state index contributed by atoms with van der Waals surface area (Å²) in [6.45, 7) is 0. The number of carboxylic acids is 2. The molecule has 0 atom stereocenters. The van der Waals surface area contributed by atoms with Gasteiger partial charge in [0.05, 0.1) is 23.2 Å². The smallest absolute Gasteiger partial charge is 0.306 e. The van der Waals surface area contributed by atoms with Crippen LogP contribution in [0.3, 0.4) is 0 Å². The van der Waals surface area contributed by atoms with Crippen molar-refractivity contribution < 1.29 is 29.4 Å². The number of rotatable bonds is 7. The number of benzene rings is 1. The Hall–Kier alpha value is -3.75. The minimum atomic E-state index is -0.807. The normalized spacial score (nSPS) is 23.9. The van der Waals surface area contributed by atoms with E-state index < -0.39 is 11.9 Å². The Kier molecular flexibility index (Phi) is 7.97. The third-order valence-electron chi connectivity index (χ3n) is 7.38. The molecule has 0 unspecified atom stereocenters. The number of carboxylic acid groups (broad SMARTS) is 2. The first-order chi connectivity index (χ1) is 17.3. The van der Waals surface area contributed by atoms with Crippen LogP contribution in [0, 0.1) is 23.7 Å². The average molecular weight is 494 g/mol. The molecule has 1 heterocycles. The fourth-order valence-corrected chi connectivity index (χ4v) is 5.15. The molecule has 0 radical (unpaired) electrons. The summed E-state index contributed by atoms with van der Waals surface area (Å²) in [5, 5.41) is 24.3. The predicted octanol–water partition coefficient (Wildman–Crippen LogP) is 4.41. The van der Waals surface area contributed by atoms with Gasteiger partial charge in [-0.3, -0.25) is 24.2 Å². The van der Waals surface area contributed by atoms with E-state index in [4.69, 9.17) is 0 Å². The van der Waals surface area contributed by atoms with E-state index in [1.807, 2.05) is 12.1 Å². The Bertz CT molecular complexity index is 1120.